The Morgan fingerprint density at radius 1 is 0.933 bits per heavy atom. The smallest absolute Gasteiger partial charge is 0.255 e. The first-order valence-corrected chi connectivity index (χ1v) is 10.1. The summed E-state index contributed by atoms with van der Waals surface area (Å²) in [6, 6.07) is 22.3. The van der Waals surface area contributed by atoms with Crippen LogP contribution in [-0.4, -0.2) is 26.7 Å². The number of benzene rings is 3. The molecule has 1 N–H and O–H groups in total. The highest BCUT2D eigenvalue weighted by molar-refractivity contribution is 5.97. The standard InChI is InChI=1S/C25H26N2O3/c1-29-23-9-5-7-21(24(23)30-2)25(28)26-16-18-10-12-19(13-11-18)17-27-15-14-20-6-3-4-8-22(20)27/h3-13H,14-17H2,1-2H3,(H,26,28). The summed E-state index contributed by atoms with van der Waals surface area (Å²) in [6.45, 7) is 2.40. The summed E-state index contributed by atoms with van der Waals surface area (Å²) in [5.74, 6) is 0.792. The van der Waals surface area contributed by atoms with E-state index in [9.17, 15) is 4.79 Å². The van der Waals surface area contributed by atoms with Crippen molar-refractivity contribution in [2.75, 3.05) is 25.7 Å². The fourth-order valence-electron chi connectivity index (χ4n) is 3.90. The zero-order valence-corrected chi connectivity index (χ0v) is 17.4. The molecule has 1 aliphatic rings. The van der Waals surface area contributed by atoms with Gasteiger partial charge in [-0.25, -0.2) is 0 Å². The monoisotopic (exact) mass is 402 g/mol. The molecular formula is C25H26N2O3. The number of hydrogen-bond acceptors (Lipinski definition) is 4. The number of fused-ring (bicyclic) bond motifs is 1. The first-order valence-electron chi connectivity index (χ1n) is 10.1. The predicted octanol–water partition coefficient (Wildman–Crippen LogP) is 4.20. The number of ether oxygens (including phenoxy) is 2. The lowest BCUT2D eigenvalue weighted by Gasteiger charge is -2.19. The average molecular weight is 402 g/mol. The molecule has 0 saturated heterocycles. The Morgan fingerprint density at radius 3 is 2.47 bits per heavy atom. The normalized spacial score (nSPS) is 12.4. The van der Waals surface area contributed by atoms with Crippen molar-refractivity contribution < 1.29 is 14.3 Å². The molecule has 154 valence electrons. The molecule has 1 aliphatic heterocycles. The molecule has 1 amide bonds. The molecule has 5 nitrogen and oxygen atoms in total. The average Bonchev–Trinajstić information content (AvgIpc) is 3.20. The Balaban J connectivity index is 1.37. The second kappa shape index (κ2) is 8.91. The lowest BCUT2D eigenvalue weighted by Crippen LogP contribution is -2.23. The van der Waals surface area contributed by atoms with Gasteiger partial charge in [-0.2, -0.15) is 0 Å². The van der Waals surface area contributed by atoms with Crippen molar-refractivity contribution in [3.8, 4) is 11.5 Å². The maximum atomic E-state index is 12.6. The molecule has 0 atom stereocenters. The van der Waals surface area contributed by atoms with E-state index in [2.05, 4.69) is 58.7 Å². The lowest BCUT2D eigenvalue weighted by atomic mass is 10.1. The summed E-state index contributed by atoms with van der Waals surface area (Å²) >= 11 is 0. The molecule has 0 aliphatic carbocycles. The summed E-state index contributed by atoms with van der Waals surface area (Å²) in [5, 5.41) is 2.96. The molecule has 0 spiro atoms. The van der Waals surface area contributed by atoms with Gasteiger partial charge in [0.15, 0.2) is 11.5 Å². The Kier molecular flexibility index (Phi) is 5.89. The molecule has 3 aromatic carbocycles. The third-order valence-electron chi connectivity index (χ3n) is 5.48. The van der Waals surface area contributed by atoms with Gasteiger partial charge in [-0.1, -0.05) is 48.5 Å². The number of para-hydroxylation sites is 2. The van der Waals surface area contributed by atoms with E-state index >= 15 is 0 Å². The Bertz CT molecular complexity index is 1030. The zero-order chi connectivity index (χ0) is 20.9. The minimum absolute atomic E-state index is 0.191. The van der Waals surface area contributed by atoms with Crippen molar-refractivity contribution in [2.24, 2.45) is 0 Å². The van der Waals surface area contributed by atoms with Crippen LogP contribution < -0.4 is 19.7 Å². The summed E-state index contributed by atoms with van der Waals surface area (Å²) in [6.07, 6.45) is 1.11. The lowest BCUT2D eigenvalue weighted by molar-refractivity contribution is 0.0947. The van der Waals surface area contributed by atoms with Crippen molar-refractivity contribution in [3.63, 3.8) is 0 Å². The maximum Gasteiger partial charge on any atom is 0.255 e. The van der Waals surface area contributed by atoms with Crippen LogP contribution in [0, 0.1) is 0 Å². The molecule has 1 heterocycles. The number of nitrogens with zero attached hydrogens (tertiary/aromatic N) is 1. The van der Waals surface area contributed by atoms with Crippen LogP contribution in [0.1, 0.15) is 27.0 Å². The van der Waals surface area contributed by atoms with Crippen molar-refractivity contribution in [2.45, 2.75) is 19.5 Å². The minimum atomic E-state index is -0.191. The first kappa shape index (κ1) is 19.8. The van der Waals surface area contributed by atoms with Crippen LogP contribution in [0.2, 0.25) is 0 Å². The van der Waals surface area contributed by atoms with Crippen molar-refractivity contribution >= 4 is 11.6 Å². The number of hydrogen-bond donors (Lipinski definition) is 1. The summed E-state index contributed by atoms with van der Waals surface area (Å²) in [5.41, 5.74) is 5.53. The van der Waals surface area contributed by atoms with E-state index < -0.39 is 0 Å². The van der Waals surface area contributed by atoms with Crippen LogP contribution >= 0.6 is 0 Å². The zero-order valence-electron chi connectivity index (χ0n) is 17.4. The highest BCUT2D eigenvalue weighted by Gasteiger charge is 2.18. The van der Waals surface area contributed by atoms with Gasteiger partial charge in [0.2, 0.25) is 0 Å². The van der Waals surface area contributed by atoms with E-state index in [4.69, 9.17) is 9.47 Å². The number of methoxy groups -OCH3 is 2. The summed E-state index contributed by atoms with van der Waals surface area (Å²) in [4.78, 5) is 15.0. The number of nitrogens with one attached hydrogen (secondary N) is 1. The van der Waals surface area contributed by atoms with Gasteiger partial charge < -0.3 is 19.7 Å². The molecular weight excluding hydrogens is 376 g/mol. The van der Waals surface area contributed by atoms with Crippen LogP contribution in [0.15, 0.2) is 66.7 Å². The molecule has 0 fully saturated rings. The Labute approximate surface area is 177 Å². The Morgan fingerprint density at radius 2 is 1.70 bits per heavy atom. The molecule has 4 rings (SSSR count). The molecule has 0 bridgehead atoms. The van der Waals surface area contributed by atoms with Gasteiger partial charge in [0, 0.05) is 25.3 Å². The van der Waals surface area contributed by atoms with E-state index in [0.717, 1.165) is 25.1 Å². The molecule has 0 aromatic heterocycles. The first-order chi connectivity index (χ1) is 14.7. The SMILES string of the molecule is COc1cccc(C(=O)NCc2ccc(CN3CCc4ccccc43)cc2)c1OC. The third kappa shape index (κ3) is 4.10. The molecule has 0 saturated carbocycles. The molecule has 0 unspecified atom stereocenters. The van der Waals surface area contributed by atoms with Crippen molar-refractivity contribution in [1.82, 2.24) is 5.32 Å². The summed E-state index contributed by atoms with van der Waals surface area (Å²) in [7, 11) is 3.09. The van der Waals surface area contributed by atoms with E-state index in [1.165, 1.54) is 23.9 Å². The maximum absolute atomic E-state index is 12.6. The third-order valence-corrected chi connectivity index (χ3v) is 5.48. The number of carbonyl (C=O) groups is 1. The Hall–Kier alpha value is -3.47. The molecule has 5 heteroatoms. The highest BCUT2D eigenvalue weighted by atomic mass is 16.5. The highest BCUT2D eigenvalue weighted by Crippen LogP contribution is 2.31. The quantitative estimate of drug-likeness (QED) is 0.644. The van der Waals surface area contributed by atoms with Crippen molar-refractivity contribution in [3.05, 3.63) is 89.0 Å². The van der Waals surface area contributed by atoms with Gasteiger partial charge in [0.05, 0.1) is 19.8 Å². The van der Waals surface area contributed by atoms with Crippen molar-refractivity contribution in [1.29, 1.82) is 0 Å². The topological polar surface area (TPSA) is 50.8 Å². The number of anilines is 1. The fraction of sp³-hybridized carbons (Fsp3) is 0.240. The number of carbonyl (C=O) groups excluding carboxylic acids is 1. The van der Waals surface area contributed by atoms with Crippen LogP contribution in [0.25, 0.3) is 0 Å². The number of rotatable bonds is 7. The van der Waals surface area contributed by atoms with Gasteiger partial charge in [0.25, 0.3) is 5.91 Å². The predicted molar refractivity (Wildman–Crippen MR) is 118 cm³/mol. The van der Waals surface area contributed by atoms with Crippen LogP contribution in [0.5, 0.6) is 11.5 Å². The fourth-order valence-corrected chi connectivity index (χ4v) is 3.90. The second-order valence-electron chi connectivity index (χ2n) is 7.34. The number of amides is 1. The second-order valence-corrected chi connectivity index (χ2v) is 7.34. The minimum Gasteiger partial charge on any atom is -0.493 e. The van der Waals surface area contributed by atoms with Gasteiger partial charge in [-0.3, -0.25) is 4.79 Å². The van der Waals surface area contributed by atoms with Gasteiger partial charge in [0.1, 0.15) is 0 Å². The van der Waals surface area contributed by atoms with Crippen LogP contribution in [0.3, 0.4) is 0 Å². The van der Waals surface area contributed by atoms with Gasteiger partial charge in [-0.15, -0.1) is 0 Å². The van der Waals surface area contributed by atoms with Crippen LogP contribution in [-0.2, 0) is 19.5 Å². The summed E-state index contributed by atoms with van der Waals surface area (Å²) < 4.78 is 10.6. The van der Waals surface area contributed by atoms with E-state index in [1.807, 2.05) is 0 Å². The van der Waals surface area contributed by atoms with Gasteiger partial charge >= 0.3 is 0 Å². The largest absolute Gasteiger partial charge is 0.493 e. The molecule has 30 heavy (non-hydrogen) atoms. The van der Waals surface area contributed by atoms with E-state index in [-0.39, 0.29) is 5.91 Å². The molecule has 3 aromatic rings. The van der Waals surface area contributed by atoms with Crippen LogP contribution in [0.4, 0.5) is 5.69 Å². The van der Waals surface area contributed by atoms with E-state index in [0.29, 0.717) is 23.6 Å². The molecule has 0 radical (unpaired) electrons. The van der Waals surface area contributed by atoms with Gasteiger partial charge in [-0.05, 0) is 41.3 Å². The van der Waals surface area contributed by atoms with E-state index in [1.54, 1.807) is 25.3 Å².